The monoisotopic (exact) mass is 234 g/mol. The van der Waals surface area contributed by atoms with Gasteiger partial charge < -0.3 is 0 Å². The summed E-state index contributed by atoms with van der Waals surface area (Å²) in [6.45, 7) is 2.21. The van der Waals surface area contributed by atoms with Gasteiger partial charge in [0.05, 0.1) is 12.7 Å². The topological polar surface area (TPSA) is 34.9 Å². The average molecular weight is 235 g/mol. The van der Waals surface area contributed by atoms with Crippen LogP contribution in [0.1, 0.15) is 11.1 Å². The number of nitrogens with zero attached hydrogens (tertiary/aromatic N) is 2. The number of hydrogen-bond donors (Lipinski definition) is 0. The van der Waals surface area contributed by atoms with Gasteiger partial charge in [-0.25, -0.2) is 4.68 Å². The average Bonchev–Trinajstić information content (AvgIpc) is 2.31. The summed E-state index contributed by atoms with van der Waals surface area (Å²) in [5.41, 5.74) is 1.48. The lowest BCUT2D eigenvalue weighted by molar-refractivity contribution is 0.636. The predicted molar refractivity (Wildman–Crippen MR) is 63.8 cm³/mol. The molecule has 4 heteroatoms. The number of rotatable bonds is 2. The van der Waals surface area contributed by atoms with Gasteiger partial charge in [0.1, 0.15) is 5.02 Å². The largest absolute Gasteiger partial charge is 0.286 e. The minimum Gasteiger partial charge on any atom is -0.266 e. The zero-order valence-electron chi connectivity index (χ0n) is 8.85. The second-order valence-corrected chi connectivity index (χ2v) is 3.97. The Kier molecular flexibility index (Phi) is 3.06. The molecule has 0 spiro atoms. The van der Waals surface area contributed by atoms with Crippen LogP contribution < -0.4 is 5.56 Å². The van der Waals surface area contributed by atoms with E-state index in [2.05, 4.69) is 5.10 Å². The molecule has 1 aromatic heterocycles. The summed E-state index contributed by atoms with van der Waals surface area (Å²) in [4.78, 5) is 11.8. The van der Waals surface area contributed by atoms with Crippen molar-refractivity contribution in [2.45, 2.75) is 13.5 Å². The van der Waals surface area contributed by atoms with Gasteiger partial charge in [0.25, 0.3) is 5.56 Å². The maximum absolute atomic E-state index is 11.8. The Hall–Kier alpha value is -1.61. The molecule has 0 aliphatic carbocycles. The fraction of sp³-hybridized carbons (Fsp3) is 0.167. The van der Waals surface area contributed by atoms with Gasteiger partial charge in [0.2, 0.25) is 0 Å². The lowest BCUT2D eigenvalue weighted by Crippen LogP contribution is -2.24. The second kappa shape index (κ2) is 4.49. The van der Waals surface area contributed by atoms with Crippen molar-refractivity contribution in [3.05, 3.63) is 63.0 Å². The summed E-state index contributed by atoms with van der Waals surface area (Å²) in [5.74, 6) is 0. The third-order valence-electron chi connectivity index (χ3n) is 2.33. The van der Waals surface area contributed by atoms with Crippen LogP contribution in [0.25, 0.3) is 0 Å². The van der Waals surface area contributed by atoms with Gasteiger partial charge in [-0.3, -0.25) is 4.79 Å². The van der Waals surface area contributed by atoms with Crippen molar-refractivity contribution in [3.8, 4) is 0 Å². The number of aryl methyl sites for hydroxylation is 1. The summed E-state index contributed by atoms with van der Waals surface area (Å²) >= 11 is 5.88. The van der Waals surface area contributed by atoms with Gasteiger partial charge >= 0.3 is 0 Å². The van der Waals surface area contributed by atoms with Crippen LogP contribution in [-0.4, -0.2) is 9.78 Å². The Morgan fingerprint density at radius 1 is 1.31 bits per heavy atom. The zero-order chi connectivity index (χ0) is 11.5. The van der Waals surface area contributed by atoms with Crippen LogP contribution in [0.15, 0.2) is 41.3 Å². The maximum atomic E-state index is 11.8. The van der Waals surface area contributed by atoms with Crippen LogP contribution in [0.3, 0.4) is 0 Å². The van der Waals surface area contributed by atoms with Crippen molar-refractivity contribution < 1.29 is 0 Å². The molecule has 0 aliphatic rings. The molecule has 0 radical (unpaired) electrons. The lowest BCUT2D eigenvalue weighted by Gasteiger charge is -2.05. The van der Waals surface area contributed by atoms with E-state index in [1.54, 1.807) is 13.1 Å². The highest BCUT2D eigenvalue weighted by atomic mass is 35.5. The molecule has 3 nitrogen and oxygen atoms in total. The van der Waals surface area contributed by atoms with Crippen LogP contribution >= 0.6 is 11.6 Å². The first-order chi connectivity index (χ1) is 7.68. The number of hydrogen-bond acceptors (Lipinski definition) is 2. The summed E-state index contributed by atoms with van der Waals surface area (Å²) in [6, 6.07) is 9.68. The van der Waals surface area contributed by atoms with Gasteiger partial charge in [-0.15, -0.1) is 0 Å². The van der Waals surface area contributed by atoms with Gasteiger partial charge in [-0.1, -0.05) is 41.9 Å². The highest BCUT2D eigenvalue weighted by molar-refractivity contribution is 6.31. The van der Waals surface area contributed by atoms with E-state index in [0.29, 0.717) is 12.1 Å². The lowest BCUT2D eigenvalue weighted by atomic mass is 10.2. The third kappa shape index (κ3) is 2.14. The van der Waals surface area contributed by atoms with E-state index in [4.69, 9.17) is 11.6 Å². The molecule has 0 atom stereocenters. The van der Waals surface area contributed by atoms with Crippen molar-refractivity contribution in [1.29, 1.82) is 0 Å². The summed E-state index contributed by atoms with van der Waals surface area (Å²) in [5, 5.41) is 4.30. The molecule has 0 fully saturated rings. The fourth-order valence-corrected chi connectivity index (χ4v) is 1.56. The van der Waals surface area contributed by atoms with E-state index in [9.17, 15) is 4.79 Å². The summed E-state index contributed by atoms with van der Waals surface area (Å²) in [6.07, 6.45) is 1.60. The van der Waals surface area contributed by atoms with E-state index < -0.39 is 0 Å². The van der Waals surface area contributed by atoms with Crippen LogP contribution in [-0.2, 0) is 6.54 Å². The Morgan fingerprint density at radius 2 is 2.00 bits per heavy atom. The number of halogens is 1. The van der Waals surface area contributed by atoms with E-state index in [1.807, 2.05) is 30.3 Å². The van der Waals surface area contributed by atoms with Crippen molar-refractivity contribution in [3.63, 3.8) is 0 Å². The van der Waals surface area contributed by atoms with E-state index >= 15 is 0 Å². The van der Waals surface area contributed by atoms with Crippen molar-refractivity contribution >= 4 is 11.6 Å². The first-order valence-electron chi connectivity index (χ1n) is 4.94. The van der Waals surface area contributed by atoms with Crippen LogP contribution in [0.2, 0.25) is 5.02 Å². The number of benzene rings is 1. The van der Waals surface area contributed by atoms with Gasteiger partial charge in [-0.2, -0.15) is 5.10 Å². The quantitative estimate of drug-likeness (QED) is 0.799. The molecule has 1 aromatic carbocycles. The molecule has 2 rings (SSSR count). The summed E-state index contributed by atoms with van der Waals surface area (Å²) < 4.78 is 1.37. The zero-order valence-corrected chi connectivity index (χ0v) is 9.61. The molecule has 16 heavy (non-hydrogen) atoms. The third-order valence-corrected chi connectivity index (χ3v) is 2.79. The smallest absolute Gasteiger partial charge is 0.266 e. The Bertz CT molecular complexity index is 549. The SMILES string of the molecule is Cc1cnn(Cc2ccccc2)c(=O)c1Cl. The summed E-state index contributed by atoms with van der Waals surface area (Å²) in [7, 11) is 0. The Balaban J connectivity index is 2.37. The minimum absolute atomic E-state index is 0.242. The van der Waals surface area contributed by atoms with Crippen LogP contribution in [0, 0.1) is 6.92 Å². The van der Waals surface area contributed by atoms with E-state index in [1.165, 1.54) is 4.68 Å². The normalized spacial score (nSPS) is 10.4. The molecule has 0 amide bonds. The van der Waals surface area contributed by atoms with Crippen LogP contribution in [0.5, 0.6) is 0 Å². The first kappa shape index (κ1) is 10.9. The van der Waals surface area contributed by atoms with Gasteiger partial charge in [-0.05, 0) is 18.1 Å². The molecular weight excluding hydrogens is 224 g/mol. The standard InChI is InChI=1S/C12H11ClN2O/c1-9-7-14-15(12(16)11(9)13)8-10-5-3-2-4-6-10/h2-7H,8H2,1H3. The van der Waals surface area contributed by atoms with Crippen molar-refractivity contribution in [2.24, 2.45) is 0 Å². The minimum atomic E-state index is -0.245. The van der Waals surface area contributed by atoms with Gasteiger partial charge in [0, 0.05) is 0 Å². The molecule has 1 heterocycles. The second-order valence-electron chi connectivity index (χ2n) is 3.59. The van der Waals surface area contributed by atoms with E-state index in [-0.39, 0.29) is 10.6 Å². The molecule has 0 saturated heterocycles. The Morgan fingerprint density at radius 3 is 2.69 bits per heavy atom. The predicted octanol–water partition coefficient (Wildman–Crippen LogP) is 2.25. The molecule has 0 aliphatic heterocycles. The molecule has 0 saturated carbocycles. The van der Waals surface area contributed by atoms with E-state index in [0.717, 1.165) is 5.56 Å². The highest BCUT2D eigenvalue weighted by Gasteiger charge is 2.05. The molecule has 0 bridgehead atoms. The first-order valence-corrected chi connectivity index (χ1v) is 5.32. The van der Waals surface area contributed by atoms with Crippen molar-refractivity contribution in [2.75, 3.05) is 0 Å². The molecule has 0 unspecified atom stereocenters. The molecule has 0 N–H and O–H groups in total. The van der Waals surface area contributed by atoms with Crippen LogP contribution in [0.4, 0.5) is 0 Å². The molecular formula is C12H11ClN2O. The Labute approximate surface area is 98.3 Å². The number of aromatic nitrogens is 2. The van der Waals surface area contributed by atoms with Gasteiger partial charge in [0.15, 0.2) is 0 Å². The highest BCUT2D eigenvalue weighted by Crippen LogP contribution is 2.07. The van der Waals surface area contributed by atoms with Crippen molar-refractivity contribution in [1.82, 2.24) is 9.78 Å². The fourth-order valence-electron chi connectivity index (χ4n) is 1.42. The maximum Gasteiger partial charge on any atom is 0.286 e. The molecule has 82 valence electrons. The molecule has 2 aromatic rings.